The Morgan fingerprint density at radius 2 is 2.12 bits per heavy atom. The van der Waals surface area contributed by atoms with Crippen LogP contribution in [0.2, 0.25) is 0 Å². The summed E-state index contributed by atoms with van der Waals surface area (Å²) in [5.41, 5.74) is 1.25. The lowest BCUT2D eigenvalue weighted by atomic mass is 9.98. The summed E-state index contributed by atoms with van der Waals surface area (Å²) in [5, 5.41) is 2.11. The van der Waals surface area contributed by atoms with Gasteiger partial charge in [-0.15, -0.1) is 11.3 Å². The third kappa shape index (κ3) is 3.82. The Kier molecular flexibility index (Phi) is 4.92. The molecule has 2 aromatic rings. The predicted octanol–water partition coefficient (Wildman–Crippen LogP) is 4.21. The average molecular weight is 357 g/mol. The number of carbonyl (C=O) groups is 1. The van der Waals surface area contributed by atoms with Crippen molar-refractivity contribution in [2.75, 3.05) is 19.9 Å². The van der Waals surface area contributed by atoms with E-state index in [0.29, 0.717) is 25.0 Å². The van der Waals surface area contributed by atoms with Gasteiger partial charge in [-0.05, 0) is 54.8 Å². The van der Waals surface area contributed by atoms with Crippen LogP contribution in [-0.2, 0) is 11.2 Å². The van der Waals surface area contributed by atoms with Crippen LogP contribution in [-0.4, -0.2) is 30.7 Å². The van der Waals surface area contributed by atoms with E-state index in [9.17, 15) is 4.79 Å². The highest BCUT2D eigenvalue weighted by Crippen LogP contribution is 2.37. The number of likely N-dealkylation sites (tertiary alicyclic amines) is 1. The van der Waals surface area contributed by atoms with Crippen molar-refractivity contribution in [3.63, 3.8) is 0 Å². The summed E-state index contributed by atoms with van der Waals surface area (Å²) in [6.45, 7) is 1.99. The van der Waals surface area contributed by atoms with Crippen molar-refractivity contribution in [1.29, 1.82) is 0 Å². The highest BCUT2D eigenvalue weighted by Gasteiger charge is 2.28. The summed E-state index contributed by atoms with van der Waals surface area (Å²) < 4.78 is 10.8. The van der Waals surface area contributed by atoms with Crippen molar-refractivity contribution in [2.24, 2.45) is 0 Å². The lowest BCUT2D eigenvalue weighted by Crippen LogP contribution is -2.28. The molecule has 0 N–H and O–H groups in total. The van der Waals surface area contributed by atoms with Gasteiger partial charge in [-0.1, -0.05) is 12.1 Å². The maximum Gasteiger partial charge on any atom is 0.231 e. The number of aryl methyl sites for hydroxylation is 1. The molecule has 0 bridgehead atoms. The van der Waals surface area contributed by atoms with Crippen molar-refractivity contribution >= 4 is 17.2 Å². The topological polar surface area (TPSA) is 38.8 Å². The van der Waals surface area contributed by atoms with Crippen molar-refractivity contribution in [3.8, 4) is 11.5 Å². The van der Waals surface area contributed by atoms with Crippen LogP contribution in [0.4, 0.5) is 0 Å². The Labute approximate surface area is 152 Å². The number of ether oxygens (including phenoxy) is 2. The number of amides is 1. The highest BCUT2D eigenvalue weighted by atomic mass is 32.1. The van der Waals surface area contributed by atoms with Gasteiger partial charge < -0.3 is 14.4 Å². The van der Waals surface area contributed by atoms with Gasteiger partial charge in [-0.25, -0.2) is 0 Å². The van der Waals surface area contributed by atoms with Crippen molar-refractivity contribution in [1.82, 2.24) is 4.90 Å². The number of hydrogen-bond donors (Lipinski definition) is 0. The lowest BCUT2D eigenvalue weighted by molar-refractivity contribution is -0.130. The van der Waals surface area contributed by atoms with Crippen LogP contribution in [0.3, 0.4) is 0 Å². The zero-order valence-corrected chi connectivity index (χ0v) is 15.1. The van der Waals surface area contributed by atoms with Crippen LogP contribution < -0.4 is 9.47 Å². The molecule has 3 heterocycles. The monoisotopic (exact) mass is 357 g/mol. The number of carbonyl (C=O) groups excluding carboxylic acids is 1. The molecule has 1 atom stereocenters. The van der Waals surface area contributed by atoms with Gasteiger partial charge in [0.2, 0.25) is 12.7 Å². The van der Waals surface area contributed by atoms with Gasteiger partial charge in [0.05, 0.1) is 0 Å². The molecular weight excluding hydrogens is 334 g/mol. The Balaban J connectivity index is 1.25. The molecule has 0 aliphatic carbocycles. The first kappa shape index (κ1) is 16.5. The maximum absolute atomic E-state index is 12.5. The number of benzene rings is 1. The average Bonchev–Trinajstić information content (AvgIpc) is 3.39. The van der Waals surface area contributed by atoms with Crippen LogP contribution in [0, 0.1) is 0 Å². The number of hydrogen-bond acceptors (Lipinski definition) is 4. The van der Waals surface area contributed by atoms with E-state index in [1.165, 1.54) is 10.4 Å². The van der Waals surface area contributed by atoms with E-state index < -0.39 is 0 Å². The van der Waals surface area contributed by atoms with E-state index in [0.717, 1.165) is 50.3 Å². The van der Waals surface area contributed by atoms with E-state index in [-0.39, 0.29) is 0 Å². The lowest BCUT2D eigenvalue weighted by Gasteiger charge is -2.17. The van der Waals surface area contributed by atoms with Crippen LogP contribution >= 0.6 is 11.3 Å². The van der Waals surface area contributed by atoms with Crippen LogP contribution in [0.5, 0.6) is 11.5 Å². The van der Waals surface area contributed by atoms with Gasteiger partial charge in [0.1, 0.15) is 0 Å². The molecule has 0 saturated carbocycles. The van der Waals surface area contributed by atoms with E-state index in [1.54, 1.807) is 11.3 Å². The van der Waals surface area contributed by atoms with Gasteiger partial charge in [0, 0.05) is 30.3 Å². The van der Waals surface area contributed by atoms with Gasteiger partial charge in [0.15, 0.2) is 11.5 Å². The standard InChI is InChI=1S/C20H23NO3S/c22-20(6-2-1-4-17-5-3-11-25-17)21-10-9-16(13-21)15-7-8-18-19(12-15)24-14-23-18/h3,5,7-8,11-12,16H,1-2,4,6,9-10,13-14H2. The largest absolute Gasteiger partial charge is 0.454 e. The summed E-state index contributed by atoms with van der Waals surface area (Å²) in [7, 11) is 0. The SMILES string of the molecule is O=C(CCCCc1cccs1)N1CCC(c2ccc3c(c2)OCO3)C1. The molecule has 4 nitrogen and oxygen atoms in total. The third-order valence-corrected chi connectivity index (χ3v) is 5.99. The predicted molar refractivity (Wildman–Crippen MR) is 98.4 cm³/mol. The zero-order chi connectivity index (χ0) is 17.1. The molecule has 2 aliphatic rings. The molecule has 1 aromatic carbocycles. The molecule has 5 heteroatoms. The Morgan fingerprint density at radius 3 is 3.00 bits per heavy atom. The first-order valence-corrected chi connectivity index (χ1v) is 9.87. The molecule has 2 aliphatic heterocycles. The van der Waals surface area contributed by atoms with E-state index in [4.69, 9.17) is 9.47 Å². The Bertz CT molecular complexity index is 729. The number of thiophene rings is 1. The quantitative estimate of drug-likeness (QED) is 0.727. The summed E-state index contributed by atoms with van der Waals surface area (Å²) in [6, 6.07) is 10.4. The molecule has 1 unspecified atom stereocenters. The molecular formula is C20H23NO3S. The molecule has 4 rings (SSSR count). The van der Waals surface area contributed by atoms with Crippen LogP contribution in [0.25, 0.3) is 0 Å². The van der Waals surface area contributed by atoms with E-state index in [2.05, 4.69) is 29.6 Å². The Hall–Kier alpha value is -2.01. The molecule has 25 heavy (non-hydrogen) atoms. The van der Waals surface area contributed by atoms with Crippen LogP contribution in [0.15, 0.2) is 35.7 Å². The second-order valence-corrected chi connectivity index (χ2v) is 7.76. The first-order valence-electron chi connectivity index (χ1n) is 8.99. The fraction of sp³-hybridized carbons (Fsp3) is 0.450. The number of rotatable bonds is 6. The minimum absolute atomic E-state index is 0.300. The van der Waals surface area contributed by atoms with Gasteiger partial charge in [-0.3, -0.25) is 4.79 Å². The summed E-state index contributed by atoms with van der Waals surface area (Å²) >= 11 is 1.80. The molecule has 1 amide bonds. The number of nitrogens with zero attached hydrogens (tertiary/aromatic N) is 1. The molecule has 1 saturated heterocycles. The molecule has 1 fully saturated rings. The maximum atomic E-state index is 12.5. The van der Waals surface area contributed by atoms with Gasteiger partial charge in [0.25, 0.3) is 0 Å². The van der Waals surface area contributed by atoms with Crippen molar-refractivity contribution in [3.05, 3.63) is 46.2 Å². The third-order valence-electron chi connectivity index (χ3n) is 5.05. The number of fused-ring (bicyclic) bond motifs is 1. The van der Waals surface area contributed by atoms with Gasteiger partial charge >= 0.3 is 0 Å². The van der Waals surface area contributed by atoms with Gasteiger partial charge in [-0.2, -0.15) is 0 Å². The fourth-order valence-electron chi connectivity index (χ4n) is 3.61. The summed E-state index contributed by atoms with van der Waals surface area (Å²) in [6.07, 6.45) is 4.85. The molecule has 1 aromatic heterocycles. The van der Waals surface area contributed by atoms with E-state index >= 15 is 0 Å². The Morgan fingerprint density at radius 1 is 1.20 bits per heavy atom. The minimum Gasteiger partial charge on any atom is -0.454 e. The van der Waals surface area contributed by atoms with Crippen molar-refractivity contribution in [2.45, 2.75) is 38.0 Å². The normalized spacial score (nSPS) is 18.7. The molecule has 0 spiro atoms. The smallest absolute Gasteiger partial charge is 0.231 e. The zero-order valence-electron chi connectivity index (χ0n) is 14.3. The second-order valence-electron chi connectivity index (χ2n) is 6.72. The first-order chi connectivity index (χ1) is 12.3. The summed E-state index contributed by atoms with van der Waals surface area (Å²) in [5.74, 6) is 2.36. The van der Waals surface area contributed by atoms with E-state index in [1.807, 2.05) is 11.0 Å². The summed E-state index contributed by atoms with van der Waals surface area (Å²) in [4.78, 5) is 15.9. The van der Waals surface area contributed by atoms with Crippen LogP contribution in [0.1, 0.15) is 42.0 Å². The molecule has 132 valence electrons. The second kappa shape index (κ2) is 7.48. The fourth-order valence-corrected chi connectivity index (χ4v) is 4.37. The number of unbranched alkanes of at least 4 members (excludes halogenated alkanes) is 1. The minimum atomic E-state index is 0.300. The van der Waals surface area contributed by atoms with Crippen molar-refractivity contribution < 1.29 is 14.3 Å². The molecule has 0 radical (unpaired) electrons. The highest BCUT2D eigenvalue weighted by molar-refractivity contribution is 7.09.